The molecule has 0 radical (unpaired) electrons. The fraction of sp³-hybridized carbons (Fsp3) is 0.220. The fourth-order valence-electron chi connectivity index (χ4n) is 16.1. The van der Waals surface area contributed by atoms with Gasteiger partial charge in [0.2, 0.25) is 0 Å². The summed E-state index contributed by atoms with van der Waals surface area (Å²) in [5, 5.41) is 13.2. The smallest absolute Gasteiger partial charge is 0.0782 e. The van der Waals surface area contributed by atoms with Gasteiger partial charge in [-0.2, -0.15) is 0 Å². The van der Waals surface area contributed by atoms with Crippen LogP contribution in [-0.4, -0.2) is 9.13 Å². The molecular formula is C82H74N4. The van der Waals surface area contributed by atoms with Crippen LogP contribution in [0.3, 0.4) is 0 Å². The Balaban J connectivity index is 1.05. The minimum absolute atomic E-state index is 0.940. The van der Waals surface area contributed by atoms with E-state index in [4.69, 9.17) is 0 Å². The first-order valence-electron chi connectivity index (χ1n) is 32.4. The van der Waals surface area contributed by atoms with Gasteiger partial charge in [0.1, 0.15) is 0 Å². The molecule has 4 nitrogen and oxygen atoms in total. The maximum Gasteiger partial charge on any atom is 0.0782 e. The summed E-state index contributed by atoms with van der Waals surface area (Å²) >= 11 is 0. The highest BCUT2D eigenvalue weighted by Crippen LogP contribution is 2.54. The minimum Gasteiger partial charge on any atom is -0.307 e. The quantitative estimate of drug-likeness (QED) is 0.101. The minimum atomic E-state index is 0.940. The second kappa shape index (κ2) is 21.4. The van der Waals surface area contributed by atoms with Crippen molar-refractivity contribution in [3.8, 4) is 11.4 Å². The lowest BCUT2D eigenvalue weighted by atomic mass is 9.85. The maximum absolute atomic E-state index is 2.74. The molecule has 14 aromatic rings. The Morgan fingerprint density at radius 2 is 0.698 bits per heavy atom. The van der Waals surface area contributed by atoms with Crippen LogP contribution in [0.25, 0.3) is 87.3 Å². The van der Waals surface area contributed by atoms with E-state index >= 15 is 0 Å². The number of nitrogens with zero attached hydrogens (tertiary/aromatic N) is 4. The molecule has 4 heteroatoms. The van der Waals surface area contributed by atoms with Gasteiger partial charge in [0.05, 0.1) is 44.8 Å². The van der Waals surface area contributed by atoms with Gasteiger partial charge in [0.25, 0.3) is 0 Å². The zero-order chi connectivity index (χ0) is 57.6. The van der Waals surface area contributed by atoms with E-state index in [1.54, 1.807) is 0 Å². The average molecular weight is 1120 g/mol. The highest BCUT2D eigenvalue weighted by Gasteiger charge is 2.32. The van der Waals surface area contributed by atoms with Gasteiger partial charge >= 0.3 is 0 Å². The van der Waals surface area contributed by atoms with Crippen molar-refractivity contribution < 1.29 is 0 Å². The summed E-state index contributed by atoms with van der Waals surface area (Å²) < 4.78 is 5.20. The largest absolute Gasteiger partial charge is 0.307 e. The molecule has 422 valence electrons. The molecule has 0 saturated heterocycles. The summed E-state index contributed by atoms with van der Waals surface area (Å²) in [6, 6.07) is 80.4. The molecule has 0 N–H and O–H groups in total. The second-order valence-electron chi connectivity index (χ2n) is 24.6. The number of hydrogen-bond acceptors (Lipinski definition) is 2. The normalized spacial score (nSPS) is 13.5. The van der Waals surface area contributed by atoms with Gasteiger partial charge in [-0.3, -0.25) is 0 Å². The molecule has 16 rings (SSSR count). The molecule has 2 aromatic heterocycles. The summed E-state index contributed by atoms with van der Waals surface area (Å²) in [7, 11) is 0. The number of para-hydroxylation sites is 6. The van der Waals surface area contributed by atoms with Gasteiger partial charge in [-0.15, -0.1) is 0 Å². The molecule has 86 heavy (non-hydrogen) atoms. The monoisotopic (exact) mass is 1110 g/mol. The Labute approximate surface area is 505 Å². The van der Waals surface area contributed by atoms with Crippen LogP contribution < -0.4 is 9.80 Å². The lowest BCUT2D eigenvalue weighted by Gasteiger charge is -2.34. The van der Waals surface area contributed by atoms with Crippen molar-refractivity contribution in [2.24, 2.45) is 0 Å². The van der Waals surface area contributed by atoms with Gasteiger partial charge in [0.15, 0.2) is 0 Å². The summed E-state index contributed by atoms with van der Waals surface area (Å²) in [5.74, 6) is 0. The van der Waals surface area contributed by atoms with E-state index in [-0.39, 0.29) is 0 Å². The number of aromatic nitrogens is 2. The van der Waals surface area contributed by atoms with Crippen LogP contribution in [0.2, 0.25) is 0 Å². The topological polar surface area (TPSA) is 16.3 Å². The molecule has 0 spiro atoms. The summed E-state index contributed by atoms with van der Waals surface area (Å²) in [5.41, 5.74) is 26.4. The molecule has 2 aliphatic rings. The Kier molecular flexibility index (Phi) is 13.1. The third-order valence-corrected chi connectivity index (χ3v) is 19.8. The summed E-state index contributed by atoms with van der Waals surface area (Å²) in [4.78, 5) is 5.48. The van der Waals surface area contributed by atoms with Gasteiger partial charge in [-0.05, 0) is 204 Å². The van der Waals surface area contributed by atoms with Gasteiger partial charge < -0.3 is 18.9 Å². The number of fused-ring (bicyclic) bond motifs is 8. The van der Waals surface area contributed by atoms with Crippen molar-refractivity contribution in [2.75, 3.05) is 9.80 Å². The summed E-state index contributed by atoms with van der Waals surface area (Å²) in [6.45, 7) is 9.32. The predicted molar refractivity (Wildman–Crippen MR) is 368 cm³/mol. The Bertz CT molecular complexity index is 4660. The third kappa shape index (κ3) is 8.08. The lowest BCUT2D eigenvalue weighted by Crippen LogP contribution is -2.18. The molecule has 12 aromatic carbocycles. The number of rotatable bonds is 14. The molecule has 0 aliphatic heterocycles. The van der Waals surface area contributed by atoms with Gasteiger partial charge in [-0.25, -0.2) is 0 Å². The standard InChI is InChI=1S/C82H74N4/c1-5-25-57-51-77(83(71-43-21-31-55-29-9-13-33-59(55)71)75-45-23-37-65-63-35-15-19-41-73(63)85(81(65)75)69-39-17-11-27-53(69)7-3)67-50-48-62-58(26-6-2)52-78(68-49-47-61(57)79(67)80(62)68)84(72-44-22-32-56-30-10-14-34-60(56)72)76-46-24-38-66-64-36-16-20-42-74(64)86(82(66)76)70-40-18-12-28-54(70)8-4/h11-12,15-24,27-28,31-32,35-52H,5-10,13-14,25-26,29-30,33-34H2,1-4H3. The second-order valence-corrected chi connectivity index (χ2v) is 24.6. The first-order valence-corrected chi connectivity index (χ1v) is 32.4. The van der Waals surface area contributed by atoms with Gasteiger partial charge in [-0.1, -0.05) is 186 Å². The van der Waals surface area contributed by atoms with Crippen molar-refractivity contribution in [1.82, 2.24) is 9.13 Å². The van der Waals surface area contributed by atoms with E-state index in [0.29, 0.717) is 0 Å². The Morgan fingerprint density at radius 1 is 0.314 bits per heavy atom. The zero-order valence-corrected chi connectivity index (χ0v) is 50.3. The number of anilines is 6. The van der Waals surface area contributed by atoms with E-state index in [1.165, 1.54) is 192 Å². The predicted octanol–water partition coefficient (Wildman–Crippen LogP) is 22.5. The van der Waals surface area contributed by atoms with Crippen LogP contribution in [0.5, 0.6) is 0 Å². The molecule has 2 aliphatic carbocycles. The van der Waals surface area contributed by atoms with Crippen molar-refractivity contribution in [3.63, 3.8) is 0 Å². The highest BCUT2D eigenvalue weighted by atomic mass is 15.2. The van der Waals surface area contributed by atoms with Crippen molar-refractivity contribution in [1.29, 1.82) is 0 Å². The zero-order valence-electron chi connectivity index (χ0n) is 50.3. The third-order valence-electron chi connectivity index (χ3n) is 19.8. The molecular weight excluding hydrogens is 1040 g/mol. The average Bonchev–Trinajstić information content (AvgIpc) is 1.13. The molecule has 0 atom stereocenters. The van der Waals surface area contributed by atoms with Crippen molar-refractivity contribution in [3.05, 3.63) is 251 Å². The van der Waals surface area contributed by atoms with Crippen molar-refractivity contribution in [2.45, 2.75) is 118 Å². The number of benzene rings is 12. The number of aryl methyl sites for hydroxylation is 6. The Morgan fingerprint density at radius 3 is 1.15 bits per heavy atom. The molecule has 0 amide bonds. The molecule has 0 bridgehead atoms. The fourth-order valence-corrected chi connectivity index (χ4v) is 16.1. The van der Waals surface area contributed by atoms with Crippen LogP contribution in [0.15, 0.2) is 206 Å². The highest BCUT2D eigenvalue weighted by molar-refractivity contribution is 6.30. The van der Waals surface area contributed by atoms with E-state index in [2.05, 4.69) is 253 Å². The van der Waals surface area contributed by atoms with E-state index < -0.39 is 0 Å². The van der Waals surface area contributed by atoms with E-state index in [9.17, 15) is 0 Å². The van der Waals surface area contributed by atoms with E-state index in [1.807, 2.05) is 0 Å². The molecule has 0 fully saturated rings. The lowest BCUT2D eigenvalue weighted by molar-refractivity contribution is 0.686. The first-order chi connectivity index (χ1) is 42.6. The van der Waals surface area contributed by atoms with Crippen LogP contribution >= 0.6 is 0 Å². The van der Waals surface area contributed by atoms with Crippen LogP contribution in [0.4, 0.5) is 34.1 Å². The molecule has 0 saturated carbocycles. The molecule has 0 unspecified atom stereocenters. The first kappa shape index (κ1) is 52.4. The summed E-state index contributed by atoms with van der Waals surface area (Å²) in [6.07, 6.45) is 15.1. The van der Waals surface area contributed by atoms with Crippen LogP contribution in [0.1, 0.15) is 111 Å². The van der Waals surface area contributed by atoms with Crippen molar-refractivity contribution >= 4 is 110 Å². The van der Waals surface area contributed by atoms with E-state index in [0.717, 1.165) is 64.2 Å². The van der Waals surface area contributed by atoms with Crippen LogP contribution in [0, 0.1) is 0 Å². The Hall–Kier alpha value is -9.12. The SMILES string of the molecule is CCCc1cc(N(c2cccc3c2CCCC3)c2cccc3c4ccccc4n(-c4ccccc4CC)c23)c2ccc3c(CCC)cc(N(c4cccc5c4CCCC5)c4cccc5c6ccccc6n(-c6ccccc6CC)c45)c4ccc1c2c34. The molecule has 2 heterocycles. The van der Waals surface area contributed by atoms with Gasteiger partial charge in [0, 0.05) is 55.1 Å². The van der Waals surface area contributed by atoms with Crippen LogP contribution in [-0.2, 0) is 51.4 Å². The maximum atomic E-state index is 2.74. The number of hydrogen-bond donors (Lipinski definition) is 0.